The lowest BCUT2D eigenvalue weighted by Gasteiger charge is -2.35. The van der Waals surface area contributed by atoms with E-state index in [-0.39, 0.29) is 13.2 Å². The summed E-state index contributed by atoms with van der Waals surface area (Å²) in [5.41, 5.74) is 0. The first-order valence-corrected chi connectivity index (χ1v) is 6.44. The smallest absolute Gasteiger partial charge is 0.219 e. The Morgan fingerprint density at radius 1 is 1.05 bits per heavy atom. The molecule has 8 atom stereocenters. The van der Waals surface area contributed by atoms with Crippen LogP contribution in [0.5, 0.6) is 0 Å². The lowest BCUT2D eigenvalue weighted by atomic mass is 10.1. The van der Waals surface area contributed by atoms with E-state index in [1.807, 2.05) is 0 Å². The van der Waals surface area contributed by atoms with Gasteiger partial charge in [-0.05, 0) is 0 Å². The van der Waals surface area contributed by atoms with E-state index >= 15 is 0 Å². The maximum Gasteiger partial charge on any atom is 0.219 e. The van der Waals surface area contributed by atoms with E-state index in [2.05, 4.69) is 0 Å². The Hall–Kier alpha value is -0.400. The third kappa shape index (κ3) is 3.19. The van der Waals surface area contributed by atoms with Gasteiger partial charge in [0.25, 0.3) is 0 Å². The Balaban J connectivity index is 1.89. The summed E-state index contributed by atoms with van der Waals surface area (Å²) < 4.78 is 15.0. The van der Waals surface area contributed by atoms with Crippen LogP contribution in [0, 0.1) is 0 Å². The standard InChI is InChI=1S/C11H20O10/c12-3-11(18)9(17)7(15)5(21-11)2-20-10-8(16)6(14)4(13)1-19-10/h4-10,12-18H,1-3H2/t4-,5-,6+,7-,8-,9-,10+,11-/m1/s1. The average molecular weight is 312 g/mol. The molecule has 7 N–H and O–H groups in total. The van der Waals surface area contributed by atoms with Crippen LogP contribution in [0.3, 0.4) is 0 Å². The monoisotopic (exact) mass is 312 g/mol. The number of hydrogen-bond donors (Lipinski definition) is 7. The van der Waals surface area contributed by atoms with Crippen LogP contribution in [0.4, 0.5) is 0 Å². The highest BCUT2D eigenvalue weighted by atomic mass is 16.7. The van der Waals surface area contributed by atoms with Gasteiger partial charge in [0.2, 0.25) is 5.79 Å². The predicted octanol–water partition coefficient (Wildman–Crippen LogP) is -4.76. The Morgan fingerprint density at radius 3 is 2.29 bits per heavy atom. The summed E-state index contributed by atoms with van der Waals surface area (Å²) in [4.78, 5) is 0. The van der Waals surface area contributed by atoms with Crippen molar-refractivity contribution in [1.82, 2.24) is 0 Å². The van der Waals surface area contributed by atoms with Crippen molar-refractivity contribution < 1.29 is 50.0 Å². The molecular formula is C11H20O10. The van der Waals surface area contributed by atoms with Crippen molar-refractivity contribution in [3.63, 3.8) is 0 Å². The Kier molecular flexibility index (Phi) is 5.15. The lowest BCUT2D eigenvalue weighted by Crippen LogP contribution is -2.54. The first kappa shape index (κ1) is 17.0. The summed E-state index contributed by atoms with van der Waals surface area (Å²) >= 11 is 0. The maximum atomic E-state index is 9.69. The first-order chi connectivity index (χ1) is 9.80. The van der Waals surface area contributed by atoms with Crippen LogP contribution in [-0.2, 0) is 14.2 Å². The largest absolute Gasteiger partial charge is 0.391 e. The molecule has 0 aromatic heterocycles. The zero-order valence-corrected chi connectivity index (χ0v) is 11.0. The van der Waals surface area contributed by atoms with Gasteiger partial charge in [-0.1, -0.05) is 0 Å². The van der Waals surface area contributed by atoms with Crippen molar-refractivity contribution in [1.29, 1.82) is 0 Å². The number of aliphatic hydroxyl groups excluding tert-OH is 6. The lowest BCUT2D eigenvalue weighted by molar-refractivity contribution is -0.286. The van der Waals surface area contributed by atoms with Crippen LogP contribution >= 0.6 is 0 Å². The van der Waals surface area contributed by atoms with Crippen molar-refractivity contribution in [2.75, 3.05) is 19.8 Å². The topological polar surface area (TPSA) is 169 Å². The molecular weight excluding hydrogens is 292 g/mol. The molecule has 0 saturated carbocycles. The van der Waals surface area contributed by atoms with Gasteiger partial charge in [0.05, 0.1) is 19.8 Å². The number of aliphatic hydroxyl groups is 7. The van der Waals surface area contributed by atoms with E-state index < -0.39 is 55.3 Å². The Morgan fingerprint density at radius 2 is 1.71 bits per heavy atom. The molecule has 2 fully saturated rings. The molecule has 124 valence electrons. The molecule has 21 heavy (non-hydrogen) atoms. The Bertz CT molecular complexity index is 354. The number of ether oxygens (including phenoxy) is 3. The molecule has 10 heteroatoms. The molecule has 10 nitrogen and oxygen atoms in total. The summed E-state index contributed by atoms with van der Waals surface area (Å²) in [5, 5.41) is 66.3. The van der Waals surface area contributed by atoms with Gasteiger partial charge in [0.1, 0.15) is 36.6 Å². The molecule has 2 saturated heterocycles. The highest BCUT2D eigenvalue weighted by molar-refractivity contribution is 4.95. The van der Waals surface area contributed by atoms with Crippen LogP contribution in [0.25, 0.3) is 0 Å². The van der Waals surface area contributed by atoms with Crippen molar-refractivity contribution in [2.45, 2.75) is 48.7 Å². The van der Waals surface area contributed by atoms with Gasteiger partial charge in [-0.15, -0.1) is 0 Å². The molecule has 2 rings (SSSR count). The molecule has 0 unspecified atom stereocenters. The van der Waals surface area contributed by atoms with Gasteiger partial charge in [0, 0.05) is 0 Å². The van der Waals surface area contributed by atoms with Gasteiger partial charge in [-0.25, -0.2) is 0 Å². The highest BCUT2D eigenvalue weighted by Gasteiger charge is 2.53. The highest BCUT2D eigenvalue weighted by Crippen LogP contribution is 2.29. The molecule has 2 aliphatic rings. The molecule has 0 aromatic rings. The fourth-order valence-electron chi connectivity index (χ4n) is 2.25. The summed E-state index contributed by atoms with van der Waals surface area (Å²) in [7, 11) is 0. The predicted molar refractivity (Wildman–Crippen MR) is 62.6 cm³/mol. The minimum absolute atomic E-state index is 0.250. The molecule has 0 radical (unpaired) electrons. The molecule has 2 heterocycles. The maximum absolute atomic E-state index is 9.69. The second-order valence-corrected chi connectivity index (χ2v) is 5.18. The van der Waals surface area contributed by atoms with E-state index in [0.717, 1.165) is 0 Å². The zero-order chi connectivity index (χ0) is 15.8. The van der Waals surface area contributed by atoms with Crippen molar-refractivity contribution in [3.8, 4) is 0 Å². The molecule has 0 aromatic carbocycles. The van der Waals surface area contributed by atoms with Crippen LogP contribution < -0.4 is 0 Å². The van der Waals surface area contributed by atoms with E-state index in [4.69, 9.17) is 19.3 Å². The molecule has 0 spiro atoms. The summed E-state index contributed by atoms with van der Waals surface area (Å²) in [6, 6.07) is 0. The van der Waals surface area contributed by atoms with E-state index in [1.54, 1.807) is 0 Å². The van der Waals surface area contributed by atoms with Gasteiger partial charge >= 0.3 is 0 Å². The average Bonchev–Trinajstić information content (AvgIpc) is 2.69. The SMILES string of the molecule is OC[C@@]1(O)O[C@H](CO[C@@H]2OC[C@@H](O)[C@H](O)[C@H]2O)[C@@H](O)[C@H]1O. The molecule has 0 bridgehead atoms. The number of hydrogen-bond acceptors (Lipinski definition) is 10. The molecule has 0 aliphatic carbocycles. The van der Waals surface area contributed by atoms with Crippen LogP contribution in [-0.4, -0.2) is 104 Å². The minimum Gasteiger partial charge on any atom is -0.391 e. The van der Waals surface area contributed by atoms with Crippen LogP contribution in [0.1, 0.15) is 0 Å². The second-order valence-electron chi connectivity index (χ2n) is 5.18. The minimum atomic E-state index is -2.30. The summed E-state index contributed by atoms with van der Waals surface area (Å²) in [6.45, 7) is -1.56. The van der Waals surface area contributed by atoms with Crippen molar-refractivity contribution in [3.05, 3.63) is 0 Å². The van der Waals surface area contributed by atoms with Gasteiger partial charge in [-0.3, -0.25) is 0 Å². The quantitative estimate of drug-likeness (QED) is 0.267. The van der Waals surface area contributed by atoms with E-state index in [0.29, 0.717) is 0 Å². The van der Waals surface area contributed by atoms with E-state index in [1.165, 1.54) is 0 Å². The van der Waals surface area contributed by atoms with Crippen molar-refractivity contribution >= 4 is 0 Å². The third-order valence-electron chi connectivity index (χ3n) is 3.63. The van der Waals surface area contributed by atoms with Crippen molar-refractivity contribution in [2.24, 2.45) is 0 Å². The first-order valence-electron chi connectivity index (χ1n) is 6.44. The van der Waals surface area contributed by atoms with Crippen LogP contribution in [0.15, 0.2) is 0 Å². The zero-order valence-electron chi connectivity index (χ0n) is 11.0. The fraction of sp³-hybridized carbons (Fsp3) is 1.00. The van der Waals surface area contributed by atoms with Gasteiger partial charge in [0.15, 0.2) is 6.29 Å². The Labute approximate surface area is 119 Å². The molecule has 0 amide bonds. The van der Waals surface area contributed by atoms with E-state index in [9.17, 15) is 30.6 Å². The third-order valence-corrected chi connectivity index (χ3v) is 3.63. The molecule has 2 aliphatic heterocycles. The normalized spacial score (nSPS) is 51.3. The van der Waals surface area contributed by atoms with Crippen LogP contribution in [0.2, 0.25) is 0 Å². The van der Waals surface area contributed by atoms with Gasteiger partial charge < -0.3 is 50.0 Å². The summed E-state index contributed by atoms with van der Waals surface area (Å²) in [5.74, 6) is -2.30. The fourth-order valence-corrected chi connectivity index (χ4v) is 2.25. The number of rotatable bonds is 4. The van der Waals surface area contributed by atoms with Gasteiger partial charge in [-0.2, -0.15) is 0 Å². The second kappa shape index (κ2) is 6.38. The summed E-state index contributed by atoms with van der Waals surface area (Å²) in [6.07, 6.45) is -9.86.